The molecule has 1 amide bonds. The highest BCUT2D eigenvalue weighted by Gasteiger charge is 2.35. The van der Waals surface area contributed by atoms with E-state index in [0.717, 1.165) is 22.6 Å². The summed E-state index contributed by atoms with van der Waals surface area (Å²) in [6.45, 7) is 4.17. The van der Waals surface area contributed by atoms with E-state index in [9.17, 15) is 27.9 Å². The molecule has 2 aromatic carbocycles. The number of carbonyl (C=O) groups excluding carboxylic acids is 1. The number of ether oxygens (including phenoxy) is 1. The zero-order valence-electron chi connectivity index (χ0n) is 21.3. The fourth-order valence-corrected chi connectivity index (χ4v) is 5.73. The molecule has 0 saturated carbocycles. The van der Waals surface area contributed by atoms with E-state index in [2.05, 4.69) is 5.10 Å². The molecule has 0 radical (unpaired) electrons. The number of aromatic nitrogens is 3. The smallest absolute Gasteiger partial charge is 0.416 e. The summed E-state index contributed by atoms with van der Waals surface area (Å²) >= 11 is 1.34. The lowest BCUT2D eigenvalue weighted by molar-refractivity contribution is -0.141. The van der Waals surface area contributed by atoms with Gasteiger partial charge in [-0.25, -0.2) is 9.67 Å². The number of rotatable bonds is 6. The number of carbonyl (C=O) groups is 2. The molecule has 8 nitrogen and oxygen atoms in total. The van der Waals surface area contributed by atoms with Crippen molar-refractivity contribution in [1.29, 1.82) is 0 Å². The number of nitrogens with zero attached hydrogens (tertiary/aromatic N) is 4. The van der Waals surface area contributed by atoms with E-state index in [1.54, 1.807) is 7.11 Å². The van der Waals surface area contributed by atoms with E-state index in [1.807, 2.05) is 38.1 Å². The lowest BCUT2D eigenvalue weighted by Crippen LogP contribution is -2.30. The fraction of sp³-hybridized carbons (Fsp3) is 0.333. The fourth-order valence-electron chi connectivity index (χ4n) is 4.67. The Morgan fingerprint density at radius 3 is 2.59 bits per heavy atom. The largest absolute Gasteiger partial charge is 0.497 e. The number of carboxylic acids is 1. The second-order valence-electron chi connectivity index (χ2n) is 9.66. The van der Waals surface area contributed by atoms with E-state index in [1.165, 1.54) is 27.0 Å². The summed E-state index contributed by atoms with van der Waals surface area (Å²) in [5, 5.41) is 14.2. The van der Waals surface area contributed by atoms with Gasteiger partial charge in [-0.2, -0.15) is 18.3 Å². The van der Waals surface area contributed by atoms with Crippen LogP contribution >= 0.6 is 11.3 Å². The van der Waals surface area contributed by atoms with Gasteiger partial charge in [-0.15, -0.1) is 0 Å². The summed E-state index contributed by atoms with van der Waals surface area (Å²) in [6.07, 6.45) is -4.36. The molecule has 1 atom stereocenters. The Kier molecular flexibility index (Phi) is 6.83. The van der Waals surface area contributed by atoms with E-state index < -0.39 is 29.5 Å². The van der Waals surface area contributed by atoms with Gasteiger partial charge in [0.1, 0.15) is 5.75 Å². The molecule has 2 aromatic heterocycles. The minimum Gasteiger partial charge on any atom is -0.497 e. The predicted octanol–water partition coefficient (Wildman–Crippen LogP) is 5.85. The van der Waals surface area contributed by atoms with Gasteiger partial charge in [0.15, 0.2) is 5.69 Å². The number of fused-ring (bicyclic) bond motifs is 1. The molecular formula is C27H25F3N4O4S. The molecule has 39 heavy (non-hydrogen) atoms. The van der Waals surface area contributed by atoms with Crippen molar-refractivity contribution in [3.8, 4) is 22.1 Å². The van der Waals surface area contributed by atoms with Gasteiger partial charge in [0.05, 0.1) is 29.8 Å². The topological polar surface area (TPSA) is 97.5 Å². The number of halogens is 3. The SMILES string of the molecule is COc1cccc(-c2nc(-n3nc(C(=O)N4CCC(C(=O)O)C4)c4cc(C(F)(F)F)ccc43)sc2C(C)C)c1. The number of amides is 1. The van der Waals surface area contributed by atoms with Crippen LogP contribution in [0.4, 0.5) is 13.2 Å². The highest BCUT2D eigenvalue weighted by Crippen LogP contribution is 2.39. The van der Waals surface area contributed by atoms with Gasteiger partial charge in [-0.1, -0.05) is 37.3 Å². The molecule has 1 N–H and O–H groups in total. The predicted molar refractivity (Wildman–Crippen MR) is 139 cm³/mol. The lowest BCUT2D eigenvalue weighted by atomic mass is 10.1. The molecule has 204 valence electrons. The van der Waals surface area contributed by atoms with Crippen LogP contribution in [-0.2, 0) is 11.0 Å². The third kappa shape index (κ3) is 4.96. The molecule has 1 saturated heterocycles. The van der Waals surface area contributed by atoms with E-state index in [0.29, 0.717) is 22.1 Å². The van der Waals surface area contributed by atoms with Crippen LogP contribution in [0.25, 0.3) is 27.3 Å². The Balaban J connectivity index is 1.66. The summed E-state index contributed by atoms with van der Waals surface area (Å²) in [5.74, 6) is -1.63. The van der Waals surface area contributed by atoms with Crippen LogP contribution in [0, 0.1) is 5.92 Å². The maximum absolute atomic E-state index is 13.6. The van der Waals surface area contributed by atoms with Crippen molar-refractivity contribution in [2.75, 3.05) is 20.2 Å². The van der Waals surface area contributed by atoms with Gasteiger partial charge < -0.3 is 14.7 Å². The third-order valence-corrected chi connectivity index (χ3v) is 8.06. The standard InChI is InChI=1S/C27H25F3N4O4S/c1-14(2)23-21(15-5-4-6-18(11-15)38-3)31-26(39-23)34-20-8-7-17(27(28,29)30)12-19(20)22(32-34)24(35)33-10-9-16(13-33)25(36)37/h4-8,11-12,14,16H,9-10,13H2,1-3H3,(H,36,37). The van der Waals surface area contributed by atoms with Crippen molar-refractivity contribution >= 4 is 34.1 Å². The number of hydrogen-bond acceptors (Lipinski definition) is 6. The molecule has 3 heterocycles. The van der Waals surface area contributed by atoms with E-state index >= 15 is 0 Å². The maximum atomic E-state index is 13.6. The molecule has 0 aliphatic carbocycles. The lowest BCUT2D eigenvalue weighted by Gasteiger charge is -2.14. The molecular weight excluding hydrogens is 533 g/mol. The van der Waals surface area contributed by atoms with Crippen LogP contribution < -0.4 is 4.74 Å². The number of hydrogen-bond donors (Lipinski definition) is 1. The molecule has 1 unspecified atom stereocenters. The van der Waals surface area contributed by atoms with E-state index in [4.69, 9.17) is 9.72 Å². The first-order valence-corrected chi connectivity index (χ1v) is 13.1. The number of alkyl halides is 3. The number of benzene rings is 2. The highest BCUT2D eigenvalue weighted by molar-refractivity contribution is 7.14. The Hall–Kier alpha value is -3.93. The summed E-state index contributed by atoms with van der Waals surface area (Å²) in [5.41, 5.74) is 0.709. The summed E-state index contributed by atoms with van der Waals surface area (Å²) in [4.78, 5) is 31.9. The molecule has 1 aliphatic rings. The van der Waals surface area contributed by atoms with Crippen molar-refractivity contribution in [2.24, 2.45) is 5.92 Å². The van der Waals surface area contributed by atoms with E-state index in [-0.39, 0.29) is 36.5 Å². The number of thiazole rings is 1. The molecule has 1 fully saturated rings. The highest BCUT2D eigenvalue weighted by atomic mass is 32.1. The molecule has 0 bridgehead atoms. The maximum Gasteiger partial charge on any atom is 0.416 e. The third-order valence-electron chi connectivity index (χ3n) is 6.73. The average molecular weight is 559 g/mol. The normalized spacial score (nSPS) is 15.9. The number of carboxylic acid groups (broad SMARTS) is 1. The monoisotopic (exact) mass is 558 g/mol. The van der Waals surface area contributed by atoms with Crippen LogP contribution in [0.3, 0.4) is 0 Å². The summed E-state index contributed by atoms with van der Waals surface area (Å²) in [7, 11) is 1.57. The number of aliphatic carboxylic acids is 1. The molecule has 12 heteroatoms. The van der Waals surface area contributed by atoms with Gasteiger partial charge >= 0.3 is 12.1 Å². The van der Waals surface area contributed by atoms with Gasteiger partial charge in [-0.3, -0.25) is 9.59 Å². The molecule has 1 aliphatic heterocycles. The van der Waals surface area contributed by atoms with Crippen LogP contribution in [0.2, 0.25) is 0 Å². The number of methoxy groups -OCH3 is 1. The van der Waals surface area contributed by atoms with Crippen LogP contribution in [0.1, 0.15) is 47.1 Å². The van der Waals surface area contributed by atoms with Crippen molar-refractivity contribution in [1.82, 2.24) is 19.7 Å². The second kappa shape index (κ2) is 9.99. The summed E-state index contributed by atoms with van der Waals surface area (Å²) in [6, 6.07) is 10.6. The first-order valence-electron chi connectivity index (χ1n) is 12.3. The first-order chi connectivity index (χ1) is 18.5. The van der Waals surface area contributed by atoms with Gasteiger partial charge in [0.2, 0.25) is 5.13 Å². The zero-order valence-corrected chi connectivity index (χ0v) is 22.1. The van der Waals surface area contributed by atoms with Crippen LogP contribution in [-0.4, -0.2) is 56.8 Å². The Labute approximate surface area is 225 Å². The van der Waals surface area contributed by atoms with Crippen molar-refractivity contribution in [3.05, 3.63) is 58.6 Å². The Bertz CT molecular complexity index is 1580. The minimum atomic E-state index is -4.62. The zero-order chi connectivity index (χ0) is 28.1. The minimum absolute atomic E-state index is 0.0258. The Morgan fingerprint density at radius 2 is 1.95 bits per heavy atom. The second-order valence-corrected chi connectivity index (χ2v) is 10.7. The molecule has 0 spiro atoms. The Morgan fingerprint density at radius 1 is 1.18 bits per heavy atom. The van der Waals surface area contributed by atoms with Crippen LogP contribution in [0.5, 0.6) is 5.75 Å². The average Bonchev–Trinajstić information content (AvgIpc) is 3.64. The van der Waals surface area contributed by atoms with Gasteiger partial charge in [-0.05, 0) is 42.7 Å². The van der Waals surface area contributed by atoms with Gasteiger partial charge in [0.25, 0.3) is 5.91 Å². The van der Waals surface area contributed by atoms with Crippen molar-refractivity contribution < 1.29 is 32.6 Å². The molecule has 5 rings (SSSR count). The first kappa shape index (κ1) is 26.7. The van der Waals surface area contributed by atoms with Crippen molar-refractivity contribution in [3.63, 3.8) is 0 Å². The number of likely N-dealkylation sites (tertiary alicyclic amines) is 1. The summed E-state index contributed by atoms with van der Waals surface area (Å²) < 4.78 is 47.6. The van der Waals surface area contributed by atoms with Crippen LogP contribution in [0.15, 0.2) is 42.5 Å². The van der Waals surface area contributed by atoms with Crippen molar-refractivity contribution in [2.45, 2.75) is 32.4 Å². The van der Waals surface area contributed by atoms with Gasteiger partial charge in [0, 0.05) is 28.9 Å². The molecule has 4 aromatic rings. The quantitative estimate of drug-likeness (QED) is 0.319.